The van der Waals surface area contributed by atoms with Crippen LogP contribution in [-0.2, 0) is 0 Å². The van der Waals surface area contributed by atoms with Gasteiger partial charge in [0, 0.05) is 6.04 Å². The second kappa shape index (κ2) is 1.72. The van der Waals surface area contributed by atoms with Crippen molar-refractivity contribution in [2.75, 3.05) is 6.54 Å². The van der Waals surface area contributed by atoms with E-state index >= 15 is 0 Å². The second-order valence-corrected chi connectivity index (χ2v) is 3.68. The molecule has 1 saturated heterocycles. The molecule has 0 aromatic carbocycles. The van der Waals surface area contributed by atoms with Crippen LogP contribution in [0.5, 0.6) is 0 Å². The van der Waals surface area contributed by atoms with Gasteiger partial charge in [-0.05, 0) is 30.7 Å². The van der Waals surface area contributed by atoms with Crippen LogP contribution in [0.25, 0.3) is 0 Å². The first-order valence-electron chi connectivity index (χ1n) is 4.04. The lowest BCUT2D eigenvalue weighted by molar-refractivity contribution is 0.380. The van der Waals surface area contributed by atoms with E-state index in [-0.39, 0.29) is 0 Å². The normalized spacial score (nSPS) is 56.7. The Morgan fingerprint density at radius 1 is 1.33 bits per heavy atom. The highest BCUT2D eigenvalue weighted by atomic mass is 15.0. The van der Waals surface area contributed by atoms with Crippen LogP contribution >= 0.6 is 0 Å². The Morgan fingerprint density at radius 2 is 2.11 bits per heavy atom. The first-order valence-corrected chi connectivity index (χ1v) is 4.04. The number of fused-ring (bicyclic) bond motifs is 1. The van der Waals surface area contributed by atoms with E-state index in [4.69, 9.17) is 0 Å². The summed E-state index contributed by atoms with van der Waals surface area (Å²) in [4.78, 5) is 0. The molecule has 0 radical (unpaired) electrons. The fraction of sp³-hybridized carbons (Fsp3) is 1.00. The van der Waals surface area contributed by atoms with Gasteiger partial charge in [-0.3, -0.25) is 0 Å². The molecule has 1 aliphatic carbocycles. The summed E-state index contributed by atoms with van der Waals surface area (Å²) in [5.41, 5.74) is 0. The third-order valence-corrected chi connectivity index (χ3v) is 3.08. The lowest BCUT2D eigenvalue weighted by atomic mass is 9.99. The van der Waals surface area contributed by atoms with Gasteiger partial charge in [-0.25, -0.2) is 0 Å². The summed E-state index contributed by atoms with van der Waals surface area (Å²) >= 11 is 0. The molecular formula is C8H15N. The maximum Gasteiger partial charge on any atom is 0.0130 e. The molecule has 0 aromatic heterocycles. The molecule has 2 fully saturated rings. The van der Waals surface area contributed by atoms with E-state index < -0.39 is 0 Å². The molecule has 0 bridgehead atoms. The van der Waals surface area contributed by atoms with Gasteiger partial charge in [0.05, 0.1) is 0 Å². The van der Waals surface area contributed by atoms with Crippen LogP contribution < -0.4 is 5.32 Å². The number of hydrogen-bond acceptors (Lipinski definition) is 1. The summed E-state index contributed by atoms with van der Waals surface area (Å²) in [5.74, 6) is 2.99. The van der Waals surface area contributed by atoms with Crippen molar-refractivity contribution in [3.63, 3.8) is 0 Å². The number of nitrogens with one attached hydrogen (secondary N) is 1. The standard InChI is InChI=1S/C8H15N/c1-5-3-4-9-8-6(2)7(5)8/h5-9H,3-4H2,1-2H3. The molecule has 0 spiro atoms. The summed E-state index contributed by atoms with van der Waals surface area (Å²) in [6.07, 6.45) is 1.39. The number of hydrogen-bond donors (Lipinski definition) is 1. The fourth-order valence-electron chi connectivity index (χ4n) is 2.36. The highest BCUT2D eigenvalue weighted by Gasteiger charge is 2.50. The van der Waals surface area contributed by atoms with Crippen LogP contribution in [0, 0.1) is 17.8 Å². The molecule has 2 rings (SSSR count). The smallest absolute Gasteiger partial charge is 0.0130 e. The largest absolute Gasteiger partial charge is 0.313 e. The van der Waals surface area contributed by atoms with Gasteiger partial charge < -0.3 is 5.32 Å². The summed E-state index contributed by atoms with van der Waals surface area (Å²) in [6, 6.07) is 0.897. The molecule has 52 valence electrons. The summed E-state index contributed by atoms with van der Waals surface area (Å²) in [7, 11) is 0. The average molecular weight is 125 g/mol. The van der Waals surface area contributed by atoms with Crippen LogP contribution in [0.1, 0.15) is 20.3 Å². The zero-order chi connectivity index (χ0) is 6.43. The molecule has 1 aliphatic heterocycles. The molecule has 1 N–H and O–H groups in total. The van der Waals surface area contributed by atoms with Crippen LogP contribution in [0.4, 0.5) is 0 Å². The van der Waals surface area contributed by atoms with Gasteiger partial charge in [0.2, 0.25) is 0 Å². The van der Waals surface area contributed by atoms with Crippen LogP contribution in [0.15, 0.2) is 0 Å². The van der Waals surface area contributed by atoms with Crippen molar-refractivity contribution in [1.82, 2.24) is 5.32 Å². The maximum atomic E-state index is 3.54. The predicted octanol–water partition coefficient (Wildman–Crippen LogP) is 1.25. The van der Waals surface area contributed by atoms with E-state index in [1.807, 2.05) is 0 Å². The average Bonchev–Trinajstić information content (AvgIpc) is 2.45. The van der Waals surface area contributed by atoms with E-state index in [0.29, 0.717) is 0 Å². The minimum Gasteiger partial charge on any atom is -0.313 e. The quantitative estimate of drug-likeness (QED) is 0.514. The van der Waals surface area contributed by atoms with Gasteiger partial charge in [0.15, 0.2) is 0 Å². The maximum absolute atomic E-state index is 3.54. The highest BCUT2D eigenvalue weighted by molar-refractivity contribution is 5.05. The van der Waals surface area contributed by atoms with Crippen LogP contribution in [-0.4, -0.2) is 12.6 Å². The number of piperidine rings is 1. The Hall–Kier alpha value is -0.0400. The van der Waals surface area contributed by atoms with Crippen molar-refractivity contribution in [1.29, 1.82) is 0 Å². The van der Waals surface area contributed by atoms with Crippen molar-refractivity contribution >= 4 is 0 Å². The minimum absolute atomic E-state index is 0.897. The number of rotatable bonds is 0. The van der Waals surface area contributed by atoms with E-state index in [1.165, 1.54) is 13.0 Å². The Bertz CT molecular complexity index is 116. The zero-order valence-corrected chi connectivity index (χ0v) is 6.22. The van der Waals surface area contributed by atoms with Gasteiger partial charge >= 0.3 is 0 Å². The third-order valence-electron chi connectivity index (χ3n) is 3.08. The van der Waals surface area contributed by atoms with Crippen LogP contribution in [0.2, 0.25) is 0 Å². The molecule has 9 heavy (non-hydrogen) atoms. The highest BCUT2D eigenvalue weighted by Crippen LogP contribution is 2.47. The van der Waals surface area contributed by atoms with E-state index in [1.54, 1.807) is 0 Å². The minimum atomic E-state index is 0.897. The Kier molecular flexibility index (Phi) is 1.10. The SMILES string of the molecule is CC1CCNC2C(C)C12. The lowest BCUT2D eigenvalue weighted by Crippen LogP contribution is -2.28. The van der Waals surface area contributed by atoms with Crippen LogP contribution in [0.3, 0.4) is 0 Å². The van der Waals surface area contributed by atoms with Gasteiger partial charge in [-0.15, -0.1) is 0 Å². The molecular weight excluding hydrogens is 110 g/mol. The monoisotopic (exact) mass is 125 g/mol. The molecule has 2 aliphatic rings. The molecule has 1 nitrogen and oxygen atoms in total. The van der Waals surface area contributed by atoms with Gasteiger partial charge in [-0.1, -0.05) is 13.8 Å². The second-order valence-electron chi connectivity index (χ2n) is 3.68. The molecule has 0 amide bonds. The molecule has 1 saturated carbocycles. The van der Waals surface area contributed by atoms with Crippen molar-refractivity contribution < 1.29 is 0 Å². The molecule has 4 atom stereocenters. The van der Waals surface area contributed by atoms with Crippen molar-refractivity contribution in [3.05, 3.63) is 0 Å². The lowest BCUT2D eigenvalue weighted by Gasteiger charge is -2.16. The Balaban J connectivity index is 2.02. The predicted molar refractivity (Wildman–Crippen MR) is 38.2 cm³/mol. The molecule has 1 heterocycles. The van der Waals surface area contributed by atoms with Gasteiger partial charge in [0.1, 0.15) is 0 Å². The van der Waals surface area contributed by atoms with Crippen molar-refractivity contribution in [2.45, 2.75) is 26.3 Å². The Morgan fingerprint density at radius 3 is 2.67 bits per heavy atom. The third kappa shape index (κ3) is 0.710. The van der Waals surface area contributed by atoms with E-state index in [2.05, 4.69) is 19.2 Å². The van der Waals surface area contributed by atoms with Crippen molar-refractivity contribution in [2.24, 2.45) is 17.8 Å². The Labute approximate surface area is 56.8 Å². The molecule has 0 aromatic rings. The summed E-state index contributed by atoms with van der Waals surface area (Å²) in [6.45, 7) is 6.01. The fourth-order valence-corrected chi connectivity index (χ4v) is 2.36. The van der Waals surface area contributed by atoms with Gasteiger partial charge in [-0.2, -0.15) is 0 Å². The molecule has 4 unspecified atom stereocenters. The first kappa shape index (κ1) is 5.72. The summed E-state index contributed by atoms with van der Waals surface area (Å²) in [5, 5.41) is 3.54. The first-order chi connectivity index (χ1) is 4.30. The van der Waals surface area contributed by atoms with E-state index in [9.17, 15) is 0 Å². The molecule has 1 heteroatoms. The zero-order valence-electron chi connectivity index (χ0n) is 6.22. The summed E-state index contributed by atoms with van der Waals surface area (Å²) < 4.78 is 0. The topological polar surface area (TPSA) is 12.0 Å². The van der Waals surface area contributed by atoms with E-state index in [0.717, 1.165) is 23.8 Å². The van der Waals surface area contributed by atoms with Crippen molar-refractivity contribution in [3.8, 4) is 0 Å². The van der Waals surface area contributed by atoms with Gasteiger partial charge in [0.25, 0.3) is 0 Å².